The molecule has 17 unspecified atom stereocenters. The van der Waals surface area contributed by atoms with Crippen molar-refractivity contribution in [2.45, 2.75) is 181 Å². The fourth-order valence-corrected chi connectivity index (χ4v) is 13.6. The van der Waals surface area contributed by atoms with Crippen LogP contribution in [0.1, 0.15) is 127 Å². The van der Waals surface area contributed by atoms with E-state index in [1.165, 1.54) is 19.3 Å². The Morgan fingerprint density at radius 3 is 2.23 bits per heavy atom. The van der Waals surface area contributed by atoms with Crippen molar-refractivity contribution < 1.29 is 39.7 Å². The zero-order valence-electron chi connectivity index (χ0n) is 31.0. The summed E-state index contributed by atoms with van der Waals surface area (Å²) in [5, 5.41) is 54.9. The van der Waals surface area contributed by atoms with Crippen LogP contribution in [0.5, 0.6) is 0 Å². The molecule has 1 saturated heterocycles. The van der Waals surface area contributed by atoms with E-state index in [9.17, 15) is 25.5 Å². The van der Waals surface area contributed by atoms with Crippen molar-refractivity contribution in [2.24, 2.45) is 56.7 Å². The molecule has 47 heavy (non-hydrogen) atoms. The first-order chi connectivity index (χ1) is 21.8. The monoisotopic (exact) mass is 664 g/mol. The van der Waals surface area contributed by atoms with Gasteiger partial charge in [-0.25, -0.2) is 0 Å². The van der Waals surface area contributed by atoms with Gasteiger partial charge in [-0.3, -0.25) is 0 Å². The Labute approximate surface area is 284 Å². The summed E-state index contributed by atoms with van der Waals surface area (Å²) in [5.74, 6) is 2.23. The van der Waals surface area contributed by atoms with Gasteiger partial charge in [-0.05, 0) is 129 Å². The molecule has 0 spiro atoms. The number of methoxy groups -OCH3 is 1. The van der Waals surface area contributed by atoms with E-state index in [4.69, 9.17) is 14.2 Å². The van der Waals surface area contributed by atoms with Crippen molar-refractivity contribution in [3.05, 3.63) is 0 Å². The van der Waals surface area contributed by atoms with Crippen LogP contribution in [-0.4, -0.2) is 87.3 Å². The van der Waals surface area contributed by atoms with Gasteiger partial charge < -0.3 is 39.7 Å². The number of ether oxygens (including phenoxy) is 3. The number of aliphatic hydroxyl groups excluding tert-OH is 5. The van der Waals surface area contributed by atoms with E-state index in [0.29, 0.717) is 36.5 Å². The summed E-state index contributed by atoms with van der Waals surface area (Å²) in [7, 11) is 1.58. The predicted molar refractivity (Wildman–Crippen MR) is 180 cm³/mol. The highest BCUT2D eigenvalue weighted by Gasteiger charge is 2.85. The predicted octanol–water partition coefficient (Wildman–Crippen LogP) is 5.45. The Balaban J connectivity index is 1.34. The molecule has 1 heterocycles. The van der Waals surface area contributed by atoms with Crippen LogP contribution in [0.15, 0.2) is 0 Å². The maximum Gasteiger partial charge on any atom is 0.186 e. The van der Waals surface area contributed by atoms with E-state index in [0.717, 1.165) is 32.1 Å². The minimum absolute atomic E-state index is 0.102. The van der Waals surface area contributed by atoms with Crippen LogP contribution >= 0.6 is 0 Å². The zero-order chi connectivity index (χ0) is 34.7. The minimum atomic E-state index is -1.31. The molecule has 0 aromatic heterocycles. The second-order valence-corrected chi connectivity index (χ2v) is 19.1. The second-order valence-electron chi connectivity index (χ2n) is 19.1. The Morgan fingerprint density at radius 1 is 0.915 bits per heavy atom. The van der Waals surface area contributed by atoms with E-state index >= 15 is 0 Å². The molecule has 5 N–H and O–H groups in total. The van der Waals surface area contributed by atoms with E-state index in [2.05, 4.69) is 41.5 Å². The molecule has 6 aliphatic rings. The number of hydrogen-bond acceptors (Lipinski definition) is 8. The van der Waals surface area contributed by atoms with Crippen molar-refractivity contribution in [1.29, 1.82) is 0 Å². The van der Waals surface area contributed by atoms with Gasteiger partial charge in [0.15, 0.2) is 6.29 Å². The van der Waals surface area contributed by atoms with Crippen molar-refractivity contribution in [1.82, 2.24) is 0 Å². The first kappa shape index (κ1) is 36.5. The van der Waals surface area contributed by atoms with Crippen molar-refractivity contribution >= 4 is 0 Å². The van der Waals surface area contributed by atoms with E-state index in [1.807, 2.05) is 20.8 Å². The minimum Gasteiger partial charge on any atom is -0.390 e. The maximum atomic E-state index is 11.2. The van der Waals surface area contributed by atoms with Gasteiger partial charge in [0.25, 0.3) is 0 Å². The molecular weight excluding hydrogens is 596 g/mol. The smallest absolute Gasteiger partial charge is 0.186 e. The third kappa shape index (κ3) is 4.95. The molecule has 0 amide bonds. The lowest BCUT2D eigenvalue weighted by molar-refractivity contribution is -0.341. The van der Waals surface area contributed by atoms with Gasteiger partial charge in [-0.2, -0.15) is 0 Å². The molecule has 0 bridgehead atoms. The van der Waals surface area contributed by atoms with Crippen LogP contribution in [0, 0.1) is 56.7 Å². The molecule has 0 radical (unpaired) electrons. The van der Waals surface area contributed by atoms with Crippen molar-refractivity contribution in [3.63, 3.8) is 0 Å². The average molecular weight is 665 g/mol. The lowest BCUT2D eigenvalue weighted by atomic mass is 9.36. The van der Waals surface area contributed by atoms with Crippen molar-refractivity contribution in [2.75, 3.05) is 7.11 Å². The molecule has 0 aromatic rings. The van der Waals surface area contributed by atoms with Crippen LogP contribution in [0.25, 0.3) is 0 Å². The molecule has 5 saturated carbocycles. The van der Waals surface area contributed by atoms with Gasteiger partial charge in [-0.15, -0.1) is 0 Å². The molecule has 6 fully saturated rings. The first-order valence-corrected chi connectivity index (χ1v) is 19.1. The molecule has 272 valence electrons. The zero-order valence-corrected chi connectivity index (χ0v) is 31.0. The Hall–Kier alpha value is -0.320. The van der Waals surface area contributed by atoms with E-state index in [1.54, 1.807) is 7.11 Å². The van der Waals surface area contributed by atoms with Crippen LogP contribution in [0.4, 0.5) is 0 Å². The van der Waals surface area contributed by atoms with E-state index < -0.39 is 48.5 Å². The molecule has 17 atom stereocenters. The normalized spacial score (nSPS) is 52.4. The Kier molecular flexibility index (Phi) is 9.20. The largest absolute Gasteiger partial charge is 0.390 e. The molecule has 8 nitrogen and oxygen atoms in total. The van der Waals surface area contributed by atoms with E-state index in [-0.39, 0.29) is 39.1 Å². The number of fused-ring (bicyclic) bond motifs is 3. The summed E-state index contributed by atoms with van der Waals surface area (Å²) in [4.78, 5) is 0. The molecule has 5 aliphatic carbocycles. The maximum absolute atomic E-state index is 11.2. The third-order valence-corrected chi connectivity index (χ3v) is 16.9. The summed E-state index contributed by atoms with van der Waals surface area (Å²) < 4.78 is 18.9. The summed E-state index contributed by atoms with van der Waals surface area (Å²) in [5.41, 5.74) is -0.377. The molecule has 1 aliphatic heterocycles. The summed E-state index contributed by atoms with van der Waals surface area (Å²) >= 11 is 0. The highest BCUT2D eigenvalue weighted by molar-refractivity contribution is 5.33. The number of aliphatic hydroxyl groups is 5. The van der Waals surface area contributed by atoms with Crippen molar-refractivity contribution in [3.8, 4) is 0 Å². The van der Waals surface area contributed by atoms with Gasteiger partial charge in [0.05, 0.1) is 23.9 Å². The van der Waals surface area contributed by atoms with Gasteiger partial charge in [0.2, 0.25) is 0 Å². The SMILES string of the molecule is CCC1OC(OC2CC3C(C)(C)C(C)CCC3(C)C3CCC45CC4(CCC5C(C)CC(O)C(O)C(C)(C)OC)C23C)C(O)C(O)C1O. The highest BCUT2D eigenvalue weighted by Crippen LogP contribution is 2.91. The fourth-order valence-electron chi connectivity index (χ4n) is 13.6. The topological polar surface area (TPSA) is 129 Å². The quantitative estimate of drug-likeness (QED) is 0.206. The Morgan fingerprint density at radius 2 is 1.60 bits per heavy atom. The second kappa shape index (κ2) is 11.9. The van der Waals surface area contributed by atoms with Gasteiger partial charge in [-0.1, -0.05) is 48.5 Å². The van der Waals surface area contributed by atoms with Crippen LogP contribution in [-0.2, 0) is 14.2 Å². The summed E-state index contributed by atoms with van der Waals surface area (Å²) in [6.07, 6.45) is 2.87. The fraction of sp³-hybridized carbons (Fsp3) is 1.00. The third-order valence-electron chi connectivity index (χ3n) is 16.9. The lowest BCUT2D eigenvalue weighted by Crippen LogP contribution is -2.67. The lowest BCUT2D eigenvalue weighted by Gasteiger charge is -2.69. The number of rotatable bonds is 9. The standard InChI is InChI=1S/C39H68O8/c1-11-25-29(41)30(42)31(43)33(46-25)47-28-19-27-34(4,5)22(3)12-15-36(27,8)26-14-16-38-20-39(38,37(26,28)9)17-13-23(38)21(2)18-24(40)32(44)35(6,7)45-10/h21-33,40-44H,11-20H2,1-10H3. The first-order valence-electron chi connectivity index (χ1n) is 19.1. The van der Waals surface area contributed by atoms with Crippen LogP contribution in [0.2, 0.25) is 0 Å². The number of hydrogen-bond donors (Lipinski definition) is 5. The van der Waals surface area contributed by atoms with Gasteiger partial charge in [0, 0.05) is 12.5 Å². The molecular formula is C39H68O8. The van der Waals surface area contributed by atoms with Gasteiger partial charge in [0.1, 0.15) is 24.4 Å². The molecule has 0 aromatic carbocycles. The summed E-state index contributed by atoms with van der Waals surface area (Å²) in [6.45, 7) is 20.3. The van der Waals surface area contributed by atoms with Gasteiger partial charge >= 0.3 is 0 Å². The molecule has 8 heteroatoms. The molecule has 6 rings (SSSR count). The Bertz CT molecular complexity index is 1160. The average Bonchev–Trinajstić information content (AvgIpc) is 3.59. The van der Waals surface area contributed by atoms with Crippen LogP contribution in [0.3, 0.4) is 0 Å². The van der Waals surface area contributed by atoms with Crippen LogP contribution < -0.4 is 0 Å². The summed E-state index contributed by atoms with van der Waals surface area (Å²) in [6, 6.07) is 0. The highest BCUT2D eigenvalue weighted by atomic mass is 16.7.